The van der Waals surface area contributed by atoms with E-state index in [0.29, 0.717) is 30.3 Å². The van der Waals surface area contributed by atoms with Crippen LogP contribution in [0.5, 0.6) is 34.5 Å². The third kappa shape index (κ3) is 2.55. The second kappa shape index (κ2) is 5.49. The Morgan fingerprint density at radius 2 is 1.74 bits per heavy atom. The van der Waals surface area contributed by atoms with Gasteiger partial charge >= 0.3 is 0 Å². The molecule has 1 atom stereocenters. The first-order valence-corrected chi connectivity index (χ1v) is 8.94. The van der Waals surface area contributed by atoms with Crippen molar-refractivity contribution in [1.82, 2.24) is 0 Å². The second-order valence-electron chi connectivity index (χ2n) is 7.64. The van der Waals surface area contributed by atoms with Crippen LogP contribution in [-0.2, 0) is 6.42 Å². The standard InChI is InChI=1S/C21H20O6/c1-21(2)4-3-13-19-11(6-16(23)20(13)27-21)5-12(9-24-19)14-7-17-18(8-15(14)22)26-10-25-17/h3-4,6-8,12,22-23H,5,9-10H2,1-2H3. The Balaban J connectivity index is 1.52. The summed E-state index contributed by atoms with van der Waals surface area (Å²) in [6.45, 7) is 4.44. The first-order chi connectivity index (χ1) is 12.9. The van der Waals surface area contributed by atoms with Gasteiger partial charge in [-0.25, -0.2) is 0 Å². The average molecular weight is 368 g/mol. The van der Waals surface area contributed by atoms with Crippen molar-refractivity contribution in [3.8, 4) is 34.5 Å². The number of hydrogen-bond donors (Lipinski definition) is 2. The zero-order chi connectivity index (χ0) is 18.8. The minimum absolute atomic E-state index is 0.0608. The number of aromatic hydroxyl groups is 2. The van der Waals surface area contributed by atoms with Gasteiger partial charge in [-0.15, -0.1) is 0 Å². The molecule has 6 heteroatoms. The van der Waals surface area contributed by atoms with Crippen molar-refractivity contribution in [2.75, 3.05) is 13.4 Å². The number of benzene rings is 2. The maximum atomic E-state index is 10.5. The molecule has 0 bridgehead atoms. The summed E-state index contributed by atoms with van der Waals surface area (Å²) < 4.78 is 22.7. The lowest BCUT2D eigenvalue weighted by Gasteiger charge is -2.33. The Bertz CT molecular complexity index is 975. The van der Waals surface area contributed by atoms with Crippen molar-refractivity contribution in [3.63, 3.8) is 0 Å². The van der Waals surface area contributed by atoms with Crippen molar-refractivity contribution in [2.24, 2.45) is 0 Å². The van der Waals surface area contributed by atoms with Crippen LogP contribution < -0.4 is 18.9 Å². The molecule has 3 aliphatic rings. The molecule has 0 spiro atoms. The van der Waals surface area contributed by atoms with Gasteiger partial charge in [-0.05, 0) is 50.1 Å². The van der Waals surface area contributed by atoms with Gasteiger partial charge in [0.15, 0.2) is 23.0 Å². The monoisotopic (exact) mass is 368 g/mol. The molecule has 2 N–H and O–H groups in total. The predicted molar refractivity (Wildman–Crippen MR) is 98.0 cm³/mol. The van der Waals surface area contributed by atoms with Crippen molar-refractivity contribution in [2.45, 2.75) is 31.8 Å². The van der Waals surface area contributed by atoms with Crippen molar-refractivity contribution < 1.29 is 29.2 Å². The highest BCUT2D eigenvalue weighted by Gasteiger charge is 2.33. The number of fused-ring (bicyclic) bond motifs is 4. The minimum Gasteiger partial charge on any atom is -0.508 e. The molecule has 2 aromatic carbocycles. The molecule has 0 fully saturated rings. The van der Waals surface area contributed by atoms with E-state index in [9.17, 15) is 10.2 Å². The van der Waals surface area contributed by atoms with Crippen molar-refractivity contribution in [1.29, 1.82) is 0 Å². The van der Waals surface area contributed by atoms with E-state index < -0.39 is 5.60 Å². The third-order valence-corrected chi connectivity index (χ3v) is 5.20. The van der Waals surface area contributed by atoms with E-state index in [1.807, 2.05) is 26.0 Å². The summed E-state index contributed by atoms with van der Waals surface area (Å²) in [6.07, 6.45) is 4.52. The van der Waals surface area contributed by atoms with Gasteiger partial charge in [0.2, 0.25) is 6.79 Å². The molecule has 0 radical (unpaired) electrons. The van der Waals surface area contributed by atoms with E-state index in [0.717, 1.165) is 22.4 Å². The molecule has 5 rings (SSSR count). The number of ether oxygens (including phenoxy) is 4. The van der Waals surface area contributed by atoms with Crippen LogP contribution in [-0.4, -0.2) is 29.2 Å². The molecule has 140 valence electrons. The Hall–Kier alpha value is -3.02. The third-order valence-electron chi connectivity index (χ3n) is 5.20. The van der Waals surface area contributed by atoms with Gasteiger partial charge in [0.05, 0.1) is 12.2 Å². The maximum absolute atomic E-state index is 10.5. The van der Waals surface area contributed by atoms with Crippen LogP contribution in [0.3, 0.4) is 0 Å². The molecule has 6 nitrogen and oxygen atoms in total. The summed E-state index contributed by atoms with van der Waals surface area (Å²) in [5.41, 5.74) is 1.91. The Kier molecular flexibility index (Phi) is 3.29. The molecule has 3 aliphatic heterocycles. The molecule has 3 heterocycles. The predicted octanol–water partition coefficient (Wildman–Crippen LogP) is 3.73. The molecule has 27 heavy (non-hydrogen) atoms. The van der Waals surface area contributed by atoms with Gasteiger partial charge < -0.3 is 29.2 Å². The average Bonchev–Trinajstić information content (AvgIpc) is 3.07. The van der Waals surface area contributed by atoms with Crippen molar-refractivity contribution in [3.05, 3.63) is 41.0 Å². The van der Waals surface area contributed by atoms with Gasteiger partial charge in [0.25, 0.3) is 0 Å². The van der Waals surface area contributed by atoms with Crippen LogP contribution >= 0.6 is 0 Å². The van der Waals surface area contributed by atoms with Crippen LogP contribution in [0.15, 0.2) is 24.3 Å². The Morgan fingerprint density at radius 3 is 2.56 bits per heavy atom. The zero-order valence-electron chi connectivity index (χ0n) is 15.1. The van der Waals surface area contributed by atoms with E-state index in [4.69, 9.17) is 18.9 Å². The summed E-state index contributed by atoms with van der Waals surface area (Å²) in [5, 5.41) is 20.9. The summed E-state index contributed by atoms with van der Waals surface area (Å²) in [6, 6.07) is 5.08. The SMILES string of the molecule is CC1(C)C=Cc2c(c(O)cc3c2OCC(c2cc4c(cc2O)OCO4)C3)O1. The van der Waals surface area contributed by atoms with Gasteiger partial charge in [-0.3, -0.25) is 0 Å². The fourth-order valence-corrected chi connectivity index (χ4v) is 3.85. The molecule has 0 saturated heterocycles. The van der Waals surface area contributed by atoms with E-state index in [1.54, 1.807) is 18.2 Å². The van der Waals surface area contributed by atoms with Crippen molar-refractivity contribution >= 4 is 6.08 Å². The molecule has 1 unspecified atom stereocenters. The molecule has 0 aliphatic carbocycles. The first-order valence-electron chi connectivity index (χ1n) is 8.94. The largest absolute Gasteiger partial charge is 0.508 e. The van der Waals surface area contributed by atoms with Crippen LogP contribution in [0, 0.1) is 0 Å². The Morgan fingerprint density at radius 1 is 0.963 bits per heavy atom. The smallest absolute Gasteiger partial charge is 0.231 e. The Labute approximate surface area is 156 Å². The minimum atomic E-state index is -0.478. The van der Waals surface area contributed by atoms with E-state index in [-0.39, 0.29) is 24.2 Å². The van der Waals surface area contributed by atoms with Crippen LogP contribution in [0.25, 0.3) is 6.08 Å². The molecule has 0 aromatic heterocycles. The van der Waals surface area contributed by atoms with Gasteiger partial charge in [0, 0.05) is 17.5 Å². The van der Waals surface area contributed by atoms with E-state index in [2.05, 4.69) is 0 Å². The summed E-state index contributed by atoms with van der Waals surface area (Å²) in [4.78, 5) is 0. The lowest BCUT2D eigenvalue weighted by molar-refractivity contribution is 0.150. The molecule has 0 amide bonds. The van der Waals surface area contributed by atoms with Crippen LogP contribution in [0.1, 0.15) is 36.5 Å². The topological polar surface area (TPSA) is 77.4 Å². The van der Waals surface area contributed by atoms with E-state index >= 15 is 0 Å². The molecule has 0 saturated carbocycles. The summed E-state index contributed by atoms with van der Waals surface area (Å²) >= 11 is 0. The lowest BCUT2D eigenvalue weighted by atomic mass is 9.87. The summed E-state index contributed by atoms with van der Waals surface area (Å²) in [7, 11) is 0. The fraction of sp³-hybridized carbons (Fsp3) is 0.333. The highest BCUT2D eigenvalue weighted by Crippen LogP contribution is 2.49. The molecular weight excluding hydrogens is 348 g/mol. The molecular formula is C21H20O6. The second-order valence-corrected chi connectivity index (χ2v) is 7.64. The number of rotatable bonds is 1. The fourth-order valence-electron chi connectivity index (χ4n) is 3.85. The zero-order valence-corrected chi connectivity index (χ0v) is 15.1. The van der Waals surface area contributed by atoms with Gasteiger partial charge in [-0.2, -0.15) is 0 Å². The van der Waals surface area contributed by atoms with Crippen LogP contribution in [0.4, 0.5) is 0 Å². The highest BCUT2D eigenvalue weighted by molar-refractivity contribution is 5.73. The van der Waals surface area contributed by atoms with Gasteiger partial charge in [-0.1, -0.05) is 0 Å². The highest BCUT2D eigenvalue weighted by atomic mass is 16.7. The van der Waals surface area contributed by atoms with Gasteiger partial charge in [0.1, 0.15) is 17.1 Å². The number of phenols is 2. The number of phenolic OH excluding ortho intramolecular Hbond substituents is 2. The molecule has 2 aromatic rings. The number of hydrogen-bond acceptors (Lipinski definition) is 6. The first kappa shape index (κ1) is 16.2. The maximum Gasteiger partial charge on any atom is 0.231 e. The van der Waals surface area contributed by atoms with E-state index in [1.165, 1.54) is 0 Å². The quantitative estimate of drug-likeness (QED) is 0.799. The van der Waals surface area contributed by atoms with Crippen LogP contribution in [0.2, 0.25) is 0 Å². The normalized spacial score (nSPS) is 21.0. The summed E-state index contributed by atoms with van der Waals surface area (Å²) in [5.74, 6) is 2.54. The lowest BCUT2D eigenvalue weighted by Crippen LogP contribution is -2.28.